The summed E-state index contributed by atoms with van der Waals surface area (Å²) < 4.78 is 0. The Hall–Kier alpha value is -3.34. The smallest absolute Gasteiger partial charge is 0.255 e. The van der Waals surface area contributed by atoms with Crippen LogP contribution in [-0.2, 0) is 11.3 Å². The second kappa shape index (κ2) is 8.80. The number of amides is 2. The molecule has 0 bridgehead atoms. The fraction of sp³-hybridized carbons (Fsp3) is 0.308. The van der Waals surface area contributed by atoms with Crippen LogP contribution in [0.25, 0.3) is 10.8 Å². The molecular formula is C26H28N2O3. The van der Waals surface area contributed by atoms with Gasteiger partial charge in [-0.3, -0.25) is 9.59 Å². The van der Waals surface area contributed by atoms with Crippen LogP contribution >= 0.6 is 0 Å². The molecule has 0 unspecified atom stereocenters. The molecule has 160 valence electrons. The number of benzene rings is 3. The molecule has 2 amide bonds. The lowest BCUT2D eigenvalue weighted by Crippen LogP contribution is -2.48. The van der Waals surface area contributed by atoms with E-state index in [0.717, 1.165) is 34.7 Å². The molecule has 1 heterocycles. The van der Waals surface area contributed by atoms with Gasteiger partial charge in [0.2, 0.25) is 5.91 Å². The van der Waals surface area contributed by atoms with Gasteiger partial charge in [-0.1, -0.05) is 54.6 Å². The number of nitrogens with zero attached hydrogens (tertiary/aromatic N) is 2. The molecule has 0 aliphatic carbocycles. The number of aryl methyl sites for hydroxylation is 1. The number of rotatable bonds is 4. The molecule has 1 N–H and O–H groups in total. The summed E-state index contributed by atoms with van der Waals surface area (Å²) in [7, 11) is 0. The summed E-state index contributed by atoms with van der Waals surface area (Å²) in [5, 5.41) is 12.5. The highest BCUT2D eigenvalue weighted by Crippen LogP contribution is 2.29. The number of likely N-dealkylation sites (tertiary alicyclic amines) is 1. The van der Waals surface area contributed by atoms with Crippen molar-refractivity contribution in [1.82, 2.24) is 9.80 Å². The molecule has 0 atom stereocenters. The van der Waals surface area contributed by atoms with Crippen LogP contribution in [0.3, 0.4) is 0 Å². The predicted molar refractivity (Wildman–Crippen MR) is 122 cm³/mol. The maximum atomic E-state index is 13.8. The number of hydrogen-bond donors (Lipinski definition) is 1. The molecule has 0 spiro atoms. The zero-order valence-electron chi connectivity index (χ0n) is 18.0. The minimum atomic E-state index is -0.0426. The van der Waals surface area contributed by atoms with Crippen molar-refractivity contribution in [3.63, 3.8) is 0 Å². The largest absolute Gasteiger partial charge is 0.507 e. The van der Waals surface area contributed by atoms with Crippen molar-refractivity contribution in [2.24, 2.45) is 0 Å². The molecule has 3 aromatic rings. The zero-order valence-corrected chi connectivity index (χ0v) is 18.0. The van der Waals surface area contributed by atoms with Gasteiger partial charge in [0.25, 0.3) is 5.91 Å². The van der Waals surface area contributed by atoms with Crippen LogP contribution in [0.4, 0.5) is 0 Å². The van der Waals surface area contributed by atoms with Crippen LogP contribution in [0.5, 0.6) is 5.75 Å². The Morgan fingerprint density at radius 1 is 1.00 bits per heavy atom. The minimum absolute atomic E-state index is 0.00183. The van der Waals surface area contributed by atoms with Crippen LogP contribution in [-0.4, -0.2) is 45.9 Å². The van der Waals surface area contributed by atoms with Gasteiger partial charge in [0.1, 0.15) is 5.75 Å². The highest BCUT2D eigenvalue weighted by Gasteiger charge is 2.30. The summed E-state index contributed by atoms with van der Waals surface area (Å²) in [6.07, 6.45) is 1.45. The molecule has 5 heteroatoms. The number of para-hydroxylation sites is 1. The Kier molecular flexibility index (Phi) is 5.94. The van der Waals surface area contributed by atoms with Crippen LogP contribution < -0.4 is 0 Å². The third-order valence-electron chi connectivity index (χ3n) is 6.29. The van der Waals surface area contributed by atoms with Gasteiger partial charge >= 0.3 is 0 Å². The lowest BCUT2D eigenvalue weighted by Gasteiger charge is -2.38. The molecule has 3 aromatic carbocycles. The van der Waals surface area contributed by atoms with Gasteiger partial charge in [0.15, 0.2) is 0 Å². The third kappa shape index (κ3) is 4.26. The topological polar surface area (TPSA) is 60.9 Å². The lowest BCUT2D eigenvalue weighted by molar-refractivity contribution is -0.130. The number of phenols is 1. The normalized spacial score (nSPS) is 14.6. The summed E-state index contributed by atoms with van der Waals surface area (Å²) in [5.41, 5.74) is 2.20. The molecular weight excluding hydrogens is 388 g/mol. The first-order chi connectivity index (χ1) is 15.0. The first kappa shape index (κ1) is 20.9. The van der Waals surface area contributed by atoms with Gasteiger partial charge in [0, 0.05) is 43.7 Å². The van der Waals surface area contributed by atoms with Crippen LogP contribution in [0.1, 0.15) is 41.3 Å². The minimum Gasteiger partial charge on any atom is -0.507 e. The quantitative estimate of drug-likeness (QED) is 0.681. The number of piperidine rings is 1. The Labute approximate surface area is 182 Å². The van der Waals surface area contributed by atoms with E-state index in [1.807, 2.05) is 77.4 Å². The van der Waals surface area contributed by atoms with E-state index in [4.69, 9.17) is 0 Å². The Balaban J connectivity index is 1.70. The summed E-state index contributed by atoms with van der Waals surface area (Å²) in [6.45, 7) is 5.06. The molecule has 1 saturated heterocycles. The number of carbonyl (C=O) groups excluding carboxylic acids is 2. The molecule has 31 heavy (non-hydrogen) atoms. The van der Waals surface area contributed by atoms with Crippen LogP contribution in [0.15, 0.2) is 60.7 Å². The molecule has 0 aromatic heterocycles. The fourth-order valence-corrected chi connectivity index (χ4v) is 4.46. The summed E-state index contributed by atoms with van der Waals surface area (Å²) in [5.74, 6) is 0.264. The van der Waals surface area contributed by atoms with Gasteiger partial charge in [-0.2, -0.15) is 0 Å². The Morgan fingerprint density at radius 3 is 2.42 bits per heavy atom. The number of aromatic hydroxyl groups is 1. The first-order valence-corrected chi connectivity index (χ1v) is 10.8. The van der Waals surface area contributed by atoms with Crippen molar-refractivity contribution in [1.29, 1.82) is 0 Å². The zero-order chi connectivity index (χ0) is 22.0. The van der Waals surface area contributed by atoms with Crippen molar-refractivity contribution < 1.29 is 14.7 Å². The average molecular weight is 417 g/mol. The van der Waals surface area contributed by atoms with Crippen LogP contribution in [0, 0.1) is 6.92 Å². The van der Waals surface area contributed by atoms with Gasteiger partial charge in [-0.15, -0.1) is 0 Å². The first-order valence-electron chi connectivity index (χ1n) is 10.8. The van der Waals surface area contributed by atoms with E-state index in [2.05, 4.69) is 0 Å². The maximum Gasteiger partial charge on any atom is 0.255 e. The lowest BCUT2D eigenvalue weighted by atomic mass is 9.98. The van der Waals surface area contributed by atoms with Crippen molar-refractivity contribution in [3.05, 3.63) is 77.4 Å². The number of hydrogen-bond acceptors (Lipinski definition) is 3. The highest BCUT2D eigenvalue weighted by molar-refractivity contribution is 6.07. The Morgan fingerprint density at radius 2 is 1.68 bits per heavy atom. The van der Waals surface area contributed by atoms with E-state index >= 15 is 0 Å². The second-order valence-electron chi connectivity index (χ2n) is 8.28. The van der Waals surface area contributed by atoms with Crippen molar-refractivity contribution in [2.45, 2.75) is 39.3 Å². The van der Waals surface area contributed by atoms with E-state index in [9.17, 15) is 14.7 Å². The molecule has 1 aliphatic heterocycles. The molecule has 0 saturated carbocycles. The van der Waals surface area contributed by atoms with E-state index < -0.39 is 0 Å². The van der Waals surface area contributed by atoms with Crippen molar-refractivity contribution in [2.75, 3.05) is 13.1 Å². The van der Waals surface area contributed by atoms with E-state index in [1.54, 1.807) is 6.92 Å². The summed E-state index contributed by atoms with van der Waals surface area (Å²) in [6, 6.07) is 19.3. The average Bonchev–Trinajstić information content (AvgIpc) is 2.79. The second-order valence-corrected chi connectivity index (χ2v) is 8.28. The summed E-state index contributed by atoms with van der Waals surface area (Å²) >= 11 is 0. The Bertz CT molecular complexity index is 1110. The molecule has 4 rings (SSSR count). The SMILES string of the molecule is CC(=O)N1CCC(N(Cc2cccc(C)c2O)C(=O)c2cccc3ccccc23)CC1. The van der Waals surface area contributed by atoms with E-state index in [0.29, 0.717) is 25.2 Å². The maximum absolute atomic E-state index is 13.8. The molecule has 1 aliphatic rings. The number of phenolic OH excluding ortho intramolecular Hbond substituents is 1. The molecule has 5 nitrogen and oxygen atoms in total. The van der Waals surface area contributed by atoms with Gasteiger partial charge in [0.05, 0.1) is 0 Å². The molecule has 1 fully saturated rings. The van der Waals surface area contributed by atoms with Crippen molar-refractivity contribution >= 4 is 22.6 Å². The standard InChI is InChI=1S/C26H28N2O3/c1-18-7-5-10-21(25(18)30)17-28(22-13-15-27(16-14-22)19(2)29)26(31)24-12-6-9-20-8-3-4-11-23(20)24/h3-12,22,30H,13-17H2,1-2H3. The van der Waals surface area contributed by atoms with Gasteiger partial charge in [-0.25, -0.2) is 0 Å². The monoisotopic (exact) mass is 416 g/mol. The third-order valence-corrected chi connectivity index (χ3v) is 6.29. The van der Waals surface area contributed by atoms with Crippen LogP contribution in [0.2, 0.25) is 0 Å². The van der Waals surface area contributed by atoms with Crippen molar-refractivity contribution in [3.8, 4) is 5.75 Å². The van der Waals surface area contributed by atoms with Gasteiger partial charge < -0.3 is 14.9 Å². The van der Waals surface area contributed by atoms with Gasteiger partial charge in [-0.05, 0) is 42.2 Å². The fourth-order valence-electron chi connectivity index (χ4n) is 4.46. The number of carbonyl (C=O) groups is 2. The summed E-state index contributed by atoms with van der Waals surface area (Å²) in [4.78, 5) is 29.3. The predicted octanol–water partition coefficient (Wildman–Crippen LogP) is 4.51. The van der Waals surface area contributed by atoms with E-state index in [-0.39, 0.29) is 23.6 Å². The highest BCUT2D eigenvalue weighted by atomic mass is 16.3. The molecule has 0 radical (unpaired) electrons. The number of fused-ring (bicyclic) bond motifs is 1. The van der Waals surface area contributed by atoms with E-state index in [1.165, 1.54) is 0 Å².